The fourth-order valence-electron chi connectivity index (χ4n) is 1.89. The number of hydrogen-bond acceptors (Lipinski definition) is 4. The number of hydrogen-bond donors (Lipinski definition) is 3. The lowest BCUT2D eigenvalue weighted by atomic mass is 10.3. The average molecular weight is 338 g/mol. The van der Waals surface area contributed by atoms with Gasteiger partial charge in [-0.25, -0.2) is 4.39 Å². The minimum atomic E-state index is -0.421. The highest BCUT2D eigenvalue weighted by Gasteiger charge is 2.12. The van der Waals surface area contributed by atoms with Gasteiger partial charge in [0.1, 0.15) is 5.82 Å². The van der Waals surface area contributed by atoms with E-state index in [9.17, 15) is 18.8 Å². The van der Waals surface area contributed by atoms with Gasteiger partial charge in [-0.05, 0) is 45.2 Å². The molecule has 0 atom stereocenters. The molecule has 1 aromatic rings. The molecule has 8 heteroatoms. The molecule has 3 amide bonds. The van der Waals surface area contributed by atoms with Crippen molar-refractivity contribution in [1.82, 2.24) is 15.5 Å². The summed E-state index contributed by atoms with van der Waals surface area (Å²) in [6.45, 7) is 3.58. The number of likely N-dealkylation sites (N-methyl/N-ethyl adjacent to an activating group) is 1. The van der Waals surface area contributed by atoms with Crippen molar-refractivity contribution in [3.63, 3.8) is 0 Å². The summed E-state index contributed by atoms with van der Waals surface area (Å²) in [5.41, 5.74) is 0.443. The summed E-state index contributed by atoms with van der Waals surface area (Å²) < 4.78 is 12.8. The molecule has 0 saturated carbocycles. The second-order valence-corrected chi connectivity index (χ2v) is 5.73. The van der Waals surface area contributed by atoms with Gasteiger partial charge in [0.05, 0.1) is 19.6 Å². The van der Waals surface area contributed by atoms with Gasteiger partial charge in [0.2, 0.25) is 17.7 Å². The van der Waals surface area contributed by atoms with E-state index in [0.29, 0.717) is 5.69 Å². The molecule has 0 radical (unpaired) electrons. The van der Waals surface area contributed by atoms with Crippen LogP contribution in [0.2, 0.25) is 0 Å². The summed E-state index contributed by atoms with van der Waals surface area (Å²) in [4.78, 5) is 36.5. The van der Waals surface area contributed by atoms with Crippen LogP contribution in [0.25, 0.3) is 0 Å². The Morgan fingerprint density at radius 2 is 1.62 bits per heavy atom. The van der Waals surface area contributed by atoms with Gasteiger partial charge in [0.15, 0.2) is 0 Å². The van der Waals surface area contributed by atoms with Gasteiger partial charge in [0, 0.05) is 11.7 Å². The van der Waals surface area contributed by atoms with Crippen molar-refractivity contribution in [2.75, 3.05) is 32.0 Å². The van der Waals surface area contributed by atoms with Crippen LogP contribution in [0.5, 0.6) is 0 Å². The number of nitrogens with one attached hydrogen (secondary N) is 3. The van der Waals surface area contributed by atoms with Crippen LogP contribution < -0.4 is 16.0 Å². The fraction of sp³-hybridized carbons (Fsp3) is 0.438. The molecule has 0 heterocycles. The second-order valence-electron chi connectivity index (χ2n) is 5.73. The number of rotatable bonds is 8. The van der Waals surface area contributed by atoms with Gasteiger partial charge in [-0.3, -0.25) is 19.3 Å². The SMILES string of the molecule is CC(C)NC(=O)CN(C)CC(=O)NCC(=O)Nc1ccc(F)cc1. The van der Waals surface area contributed by atoms with Crippen LogP contribution in [0.3, 0.4) is 0 Å². The van der Waals surface area contributed by atoms with Crippen molar-refractivity contribution in [2.45, 2.75) is 19.9 Å². The summed E-state index contributed by atoms with van der Waals surface area (Å²) >= 11 is 0. The number of anilines is 1. The maximum atomic E-state index is 12.8. The molecule has 0 aliphatic heterocycles. The van der Waals surface area contributed by atoms with E-state index in [1.165, 1.54) is 24.3 Å². The Bertz CT molecular complexity index is 575. The topological polar surface area (TPSA) is 90.5 Å². The number of benzene rings is 1. The second kappa shape index (κ2) is 9.61. The average Bonchev–Trinajstić information content (AvgIpc) is 2.46. The van der Waals surface area contributed by atoms with Crippen molar-refractivity contribution < 1.29 is 18.8 Å². The molecule has 1 rings (SSSR count). The van der Waals surface area contributed by atoms with Crippen molar-refractivity contribution >= 4 is 23.4 Å². The first-order valence-electron chi connectivity index (χ1n) is 7.56. The third-order valence-corrected chi connectivity index (χ3v) is 2.85. The summed E-state index contributed by atoms with van der Waals surface area (Å²) in [5, 5.41) is 7.72. The molecule has 0 aliphatic carbocycles. The number of carbonyl (C=O) groups is 3. The largest absolute Gasteiger partial charge is 0.353 e. The Morgan fingerprint density at radius 1 is 1.04 bits per heavy atom. The summed E-state index contributed by atoms with van der Waals surface area (Å²) in [6.07, 6.45) is 0. The van der Waals surface area contributed by atoms with Crippen molar-refractivity contribution in [1.29, 1.82) is 0 Å². The van der Waals surface area contributed by atoms with Crippen molar-refractivity contribution in [3.8, 4) is 0 Å². The first kappa shape index (κ1) is 19.6. The van der Waals surface area contributed by atoms with E-state index >= 15 is 0 Å². The predicted molar refractivity (Wildman–Crippen MR) is 88.8 cm³/mol. The van der Waals surface area contributed by atoms with Crippen LogP contribution >= 0.6 is 0 Å². The monoisotopic (exact) mass is 338 g/mol. The van der Waals surface area contributed by atoms with E-state index in [4.69, 9.17) is 0 Å². The van der Waals surface area contributed by atoms with Crippen molar-refractivity contribution in [3.05, 3.63) is 30.1 Å². The first-order valence-corrected chi connectivity index (χ1v) is 7.56. The van der Waals surface area contributed by atoms with Crippen LogP contribution in [0.15, 0.2) is 24.3 Å². The van der Waals surface area contributed by atoms with E-state index in [1.54, 1.807) is 11.9 Å². The zero-order valence-corrected chi connectivity index (χ0v) is 14.1. The molecule has 0 spiro atoms. The fourth-order valence-corrected chi connectivity index (χ4v) is 1.89. The van der Waals surface area contributed by atoms with Gasteiger partial charge in [-0.2, -0.15) is 0 Å². The van der Waals surface area contributed by atoms with Crippen LogP contribution in [0.4, 0.5) is 10.1 Å². The van der Waals surface area contributed by atoms with Crippen molar-refractivity contribution in [2.24, 2.45) is 0 Å². The smallest absolute Gasteiger partial charge is 0.243 e. The molecule has 0 bridgehead atoms. The maximum absolute atomic E-state index is 12.8. The van der Waals surface area contributed by atoms with E-state index < -0.39 is 11.7 Å². The Morgan fingerprint density at radius 3 is 2.21 bits per heavy atom. The molecular weight excluding hydrogens is 315 g/mol. The highest BCUT2D eigenvalue weighted by Crippen LogP contribution is 2.07. The summed E-state index contributed by atoms with van der Waals surface area (Å²) in [7, 11) is 1.64. The van der Waals surface area contributed by atoms with E-state index in [-0.39, 0.29) is 37.5 Å². The van der Waals surface area contributed by atoms with E-state index in [2.05, 4.69) is 16.0 Å². The highest BCUT2D eigenvalue weighted by molar-refractivity contribution is 5.94. The van der Waals surface area contributed by atoms with Crippen LogP contribution in [-0.4, -0.2) is 55.3 Å². The Balaban J connectivity index is 2.28. The molecule has 132 valence electrons. The lowest BCUT2D eigenvalue weighted by Gasteiger charge is -2.17. The normalized spacial score (nSPS) is 10.6. The molecule has 0 saturated heterocycles. The highest BCUT2D eigenvalue weighted by atomic mass is 19.1. The third kappa shape index (κ3) is 8.23. The zero-order chi connectivity index (χ0) is 18.1. The minimum absolute atomic E-state index is 0.00462. The van der Waals surface area contributed by atoms with E-state index in [1.807, 2.05) is 13.8 Å². The molecule has 3 N–H and O–H groups in total. The van der Waals surface area contributed by atoms with Gasteiger partial charge < -0.3 is 16.0 Å². The predicted octanol–water partition coefficient (Wildman–Crippen LogP) is 0.337. The Kier molecular flexibility index (Phi) is 7.84. The number of carbonyl (C=O) groups excluding carboxylic acids is 3. The number of halogens is 1. The molecule has 0 aliphatic rings. The Labute approximate surface area is 140 Å². The zero-order valence-electron chi connectivity index (χ0n) is 14.1. The van der Waals surface area contributed by atoms with Gasteiger partial charge >= 0.3 is 0 Å². The summed E-state index contributed by atoms with van der Waals surface area (Å²) in [5.74, 6) is -1.36. The lowest BCUT2D eigenvalue weighted by Crippen LogP contribution is -2.43. The number of amides is 3. The lowest BCUT2D eigenvalue weighted by molar-refractivity contribution is -0.126. The Hall–Kier alpha value is -2.48. The molecule has 0 fully saturated rings. The third-order valence-electron chi connectivity index (χ3n) is 2.85. The molecule has 24 heavy (non-hydrogen) atoms. The number of nitrogens with zero attached hydrogens (tertiary/aromatic N) is 1. The van der Waals surface area contributed by atoms with Gasteiger partial charge in [-0.15, -0.1) is 0 Å². The summed E-state index contributed by atoms with van der Waals surface area (Å²) in [6, 6.07) is 5.35. The molecule has 0 aromatic heterocycles. The van der Waals surface area contributed by atoms with Gasteiger partial charge in [0.25, 0.3) is 0 Å². The first-order chi connectivity index (χ1) is 11.3. The maximum Gasteiger partial charge on any atom is 0.243 e. The quantitative estimate of drug-likeness (QED) is 0.637. The van der Waals surface area contributed by atoms with Crippen LogP contribution in [-0.2, 0) is 14.4 Å². The molecule has 1 aromatic carbocycles. The molecule has 0 unspecified atom stereocenters. The van der Waals surface area contributed by atoms with Crippen LogP contribution in [0.1, 0.15) is 13.8 Å². The standard InChI is InChI=1S/C16H23FN4O3/c1-11(2)19-16(24)10-21(3)9-15(23)18-8-14(22)20-13-6-4-12(17)5-7-13/h4-7,11H,8-10H2,1-3H3,(H,18,23)(H,19,24)(H,20,22). The minimum Gasteiger partial charge on any atom is -0.353 e. The molecule has 7 nitrogen and oxygen atoms in total. The van der Waals surface area contributed by atoms with E-state index in [0.717, 1.165) is 0 Å². The van der Waals surface area contributed by atoms with Crippen LogP contribution in [0, 0.1) is 5.82 Å². The van der Waals surface area contributed by atoms with Gasteiger partial charge in [-0.1, -0.05) is 0 Å². The molecular formula is C16H23FN4O3.